The number of aryl methyl sites for hydroxylation is 1. The number of thiazole rings is 1. The molecule has 1 saturated carbocycles. The highest BCUT2D eigenvalue weighted by molar-refractivity contribution is 7.15. The van der Waals surface area contributed by atoms with Crippen LogP contribution in [-0.2, 0) is 9.59 Å². The molecule has 1 aromatic carbocycles. The van der Waals surface area contributed by atoms with Crippen LogP contribution in [0.15, 0.2) is 30.3 Å². The average Bonchev–Trinajstić information content (AvgIpc) is 3.28. The van der Waals surface area contributed by atoms with Gasteiger partial charge in [-0.3, -0.25) is 9.59 Å². The van der Waals surface area contributed by atoms with Crippen LogP contribution in [0.5, 0.6) is 0 Å². The van der Waals surface area contributed by atoms with Gasteiger partial charge in [0.25, 0.3) is 0 Å². The molecule has 3 rings (SSSR count). The number of nitrogens with zero attached hydrogens (tertiary/aromatic N) is 2. The maximum Gasteiger partial charge on any atom is 0.306 e. The Morgan fingerprint density at radius 1 is 1.23 bits per heavy atom. The molecule has 0 aliphatic heterocycles. The van der Waals surface area contributed by atoms with Crippen molar-refractivity contribution >= 4 is 23.2 Å². The lowest BCUT2D eigenvalue weighted by Gasteiger charge is -2.27. The van der Waals surface area contributed by atoms with Crippen molar-refractivity contribution in [3.05, 3.63) is 40.9 Å². The number of carbonyl (C=O) groups excluding carboxylic acids is 1. The molecular formula is C20H24N2O3S. The van der Waals surface area contributed by atoms with Crippen LogP contribution in [-0.4, -0.2) is 33.9 Å². The van der Waals surface area contributed by atoms with Gasteiger partial charge in [-0.2, -0.15) is 0 Å². The number of carboxylic acids is 1. The quantitative estimate of drug-likeness (QED) is 0.856. The summed E-state index contributed by atoms with van der Waals surface area (Å²) >= 11 is 1.62. The second kappa shape index (κ2) is 7.58. The lowest BCUT2D eigenvalue weighted by atomic mass is 10.0. The van der Waals surface area contributed by atoms with Gasteiger partial charge in [0.2, 0.25) is 5.91 Å². The standard InChI is InChI=1S/C20H24N2O3S/c1-12-17(26-18(21-12)14-7-5-4-6-8-14)13(2)22(3)19(23)15-9-10-16(11-15)20(24)25/h4-8,13,15-16H,9-11H2,1-3H3,(H,24,25)/t13?,15-,16+/m1/s1. The number of carboxylic acid groups (broad SMARTS) is 1. The average molecular weight is 372 g/mol. The van der Waals surface area contributed by atoms with Crippen molar-refractivity contribution in [2.24, 2.45) is 11.8 Å². The second-order valence-corrected chi connectivity index (χ2v) is 8.04. The number of rotatable bonds is 5. The van der Waals surface area contributed by atoms with Gasteiger partial charge in [-0.1, -0.05) is 30.3 Å². The molecule has 0 saturated heterocycles. The molecule has 3 atom stereocenters. The van der Waals surface area contributed by atoms with Crippen LogP contribution in [0.25, 0.3) is 10.6 Å². The van der Waals surface area contributed by atoms with E-state index in [1.807, 2.05) is 51.2 Å². The van der Waals surface area contributed by atoms with Gasteiger partial charge in [-0.05, 0) is 33.1 Å². The molecule has 26 heavy (non-hydrogen) atoms. The zero-order valence-electron chi connectivity index (χ0n) is 15.3. The highest BCUT2D eigenvalue weighted by Gasteiger charge is 2.36. The van der Waals surface area contributed by atoms with E-state index in [4.69, 9.17) is 5.11 Å². The number of benzene rings is 1. The van der Waals surface area contributed by atoms with Gasteiger partial charge < -0.3 is 10.0 Å². The van der Waals surface area contributed by atoms with Crippen molar-refractivity contribution in [3.63, 3.8) is 0 Å². The molecule has 138 valence electrons. The summed E-state index contributed by atoms with van der Waals surface area (Å²) in [4.78, 5) is 31.5. The molecule has 1 N–H and O–H groups in total. The molecule has 0 bridgehead atoms. The van der Waals surface area contributed by atoms with E-state index in [0.29, 0.717) is 19.3 Å². The van der Waals surface area contributed by atoms with E-state index in [-0.39, 0.29) is 23.8 Å². The Morgan fingerprint density at radius 3 is 2.50 bits per heavy atom. The van der Waals surface area contributed by atoms with Crippen molar-refractivity contribution in [2.45, 2.75) is 39.2 Å². The third-order valence-corrected chi connectivity index (χ3v) is 6.67. The predicted molar refractivity (Wildman–Crippen MR) is 102 cm³/mol. The Hall–Kier alpha value is -2.21. The minimum atomic E-state index is -0.790. The summed E-state index contributed by atoms with van der Waals surface area (Å²) in [6.45, 7) is 3.99. The number of hydrogen-bond acceptors (Lipinski definition) is 4. The van der Waals surface area contributed by atoms with Crippen LogP contribution in [0.2, 0.25) is 0 Å². The van der Waals surface area contributed by atoms with E-state index in [0.717, 1.165) is 21.1 Å². The van der Waals surface area contributed by atoms with E-state index in [1.54, 1.807) is 16.2 Å². The summed E-state index contributed by atoms with van der Waals surface area (Å²) in [6, 6.07) is 9.94. The molecule has 1 fully saturated rings. The molecule has 0 radical (unpaired) electrons. The monoisotopic (exact) mass is 372 g/mol. The number of hydrogen-bond donors (Lipinski definition) is 1. The molecule has 5 nitrogen and oxygen atoms in total. The smallest absolute Gasteiger partial charge is 0.306 e. The molecule has 1 amide bonds. The van der Waals surface area contributed by atoms with Crippen molar-refractivity contribution in [3.8, 4) is 10.6 Å². The molecule has 2 aromatic rings. The van der Waals surface area contributed by atoms with Crippen molar-refractivity contribution in [1.82, 2.24) is 9.88 Å². The molecular weight excluding hydrogens is 348 g/mol. The minimum absolute atomic E-state index is 0.0373. The summed E-state index contributed by atoms with van der Waals surface area (Å²) < 4.78 is 0. The highest BCUT2D eigenvalue weighted by Crippen LogP contribution is 2.37. The van der Waals surface area contributed by atoms with Crippen molar-refractivity contribution in [1.29, 1.82) is 0 Å². The summed E-state index contributed by atoms with van der Waals surface area (Å²) in [5.41, 5.74) is 2.02. The maximum absolute atomic E-state index is 12.8. The SMILES string of the molecule is Cc1nc(-c2ccccc2)sc1C(C)N(C)C(=O)[C@@H]1CC[C@H](C(=O)O)C1. The molecule has 1 unspecified atom stereocenters. The van der Waals surface area contributed by atoms with Crippen LogP contribution >= 0.6 is 11.3 Å². The fourth-order valence-electron chi connectivity index (χ4n) is 3.58. The summed E-state index contributed by atoms with van der Waals surface area (Å²) in [6.07, 6.45) is 1.69. The zero-order valence-corrected chi connectivity index (χ0v) is 16.1. The number of aromatic nitrogens is 1. The Morgan fingerprint density at radius 2 is 1.88 bits per heavy atom. The third kappa shape index (κ3) is 3.65. The Bertz CT molecular complexity index is 803. The molecule has 1 aromatic heterocycles. The highest BCUT2D eigenvalue weighted by atomic mass is 32.1. The van der Waals surface area contributed by atoms with Crippen molar-refractivity contribution in [2.75, 3.05) is 7.05 Å². The third-order valence-electron chi connectivity index (χ3n) is 5.29. The van der Waals surface area contributed by atoms with E-state index in [2.05, 4.69) is 4.98 Å². The first-order chi connectivity index (χ1) is 12.4. The number of amides is 1. The van der Waals surface area contributed by atoms with Crippen LogP contribution in [0, 0.1) is 18.8 Å². The fourth-order valence-corrected chi connectivity index (χ4v) is 4.75. The molecule has 6 heteroatoms. The van der Waals surface area contributed by atoms with Gasteiger partial charge >= 0.3 is 5.97 Å². The summed E-state index contributed by atoms with van der Waals surface area (Å²) in [5, 5.41) is 10.1. The molecule has 1 heterocycles. The van der Waals surface area contributed by atoms with Crippen LogP contribution in [0.4, 0.5) is 0 Å². The van der Waals surface area contributed by atoms with Gasteiger partial charge in [0.1, 0.15) is 5.01 Å². The first-order valence-corrected chi connectivity index (χ1v) is 9.72. The lowest BCUT2D eigenvalue weighted by Crippen LogP contribution is -2.34. The predicted octanol–water partition coefficient (Wildman–Crippen LogP) is 4.14. The topological polar surface area (TPSA) is 70.5 Å². The number of carbonyl (C=O) groups is 2. The molecule has 1 aliphatic rings. The van der Waals surface area contributed by atoms with Crippen LogP contribution < -0.4 is 0 Å². The van der Waals surface area contributed by atoms with Crippen molar-refractivity contribution < 1.29 is 14.7 Å². The van der Waals surface area contributed by atoms with E-state index in [1.165, 1.54) is 0 Å². The lowest BCUT2D eigenvalue weighted by molar-refractivity contribution is -0.141. The first kappa shape index (κ1) is 18.6. The van der Waals surface area contributed by atoms with Gasteiger partial charge in [0.15, 0.2) is 0 Å². The van der Waals surface area contributed by atoms with Gasteiger partial charge in [-0.15, -0.1) is 11.3 Å². The Balaban J connectivity index is 1.74. The summed E-state index contributed by atoms with van der Waals surface area (Å²) in [7, 11) is 1.81. The van der Waals surface area contributed by atoms with Gasteiger partial charge in [0.05, 0.1) is 22.5 Å². The normalized spacial score (nSPS) is 20.7. The largest absolute Gasteiger partial charge is 0.481 e. The molecule has 1 aliphatic carbocycles. The summed E-state index contributed by atoms with van der Waals surface area (Å²) in [5.74, 6) is -1.33. The number of aliphatic carboxylic acids is 1. The first-order valence-electron chi connectivity index (χ1n) is 8.90. The Kier molecular flexibility index (Phi) is 5.41. The zero-order chi connectivity index (χ0) is 18.8. The van der Waals surface area contributed by atoms with E-state index >= 15 is 0 Å². The van der Waals surface area contributed by atoms with E-state index < -0.39 is 5.97 Å². The van der Waals surface area contributed by atoms with Gasteiger partial charge in [0, 0.05) is 18.5 Å². The van der Waals surface area contributed by atoms with Crippen LogP contribution in [0.3, 0.4) is 0 Å². The Labute approximate surface area is 157 Å². The fraction of sp³-hybridized carbons (Fsp3) is 0.450. The maximum atomic E-state index is 12.8. The van der Waals surface area contributed by atoms with Gasteiger partial charge in [-0.25, -0.2) is 4.98 Å². The molecule has 0 spiro atoms. The minimum Gasteiger partial charge on any atom is -0.481 e. The van der Waals surface area contributed by atoms with Crippen LogP contribution in [0.1, 0.15) is 42.8 Å². The second-order valence-electron chi connectivity index (χ2n) is 7.00. The van der Waals surface area contributed by atoms with E-state index in [9.17, 15) is 9.59 Å².